The quantitative estimate of drug-likeness (QED) is 0.250. The van der Waals surface area contributed by atoms with Gasteiger partial charge in [0, 0.05) is 30.8 Å². The van der Waals surface area contributed by atoms with Crippen LogP contribution in [0.3, 0.4) is 0 Å². The summed E-state index contributed by atoms with van der Waals surface area (Å²) in [6, 6.07) is 6.70. The minimum atomic E-state index is -5.90. The molecule has 1 aromatic carbocycles. The first-order chi connectivity index (χ1) is 21.1. The number of alkyl halides is 5. The number of fused-ring (bicyclic) bond motifs is 4. The van der Waals surface area contributed by atoms with Crippen molar-refractivity contribution in [3.63, 3.8) is 0 Å². The van der Waals surface area contributed by atoms with Crippen LogP contribution in [0.4, 0.5) is 26.7 Å². The van der Waals surface area contributed by atoms with Crippen molar-refractivity contribution in [2.75, 3.05) is 13.1 Å². The zero-order valence-corrected chi connectivity index (χ0v) is 24.9. The normalized spacial score (nSPS) is 30.0. The second-order valence-electron chi connectivity index (χ2n) is 12.8. The Kier molecular flexibility index (Phi) is 8.76. The molecule has 0 heterocycles. The van der Waals surface area contributed by atoms with Crippen molar-refractivity contribution >= 4 is 23.9 Å². The molecule has 5 atom stereocenters. The molecule has 0 saturated heterocycles. The van der Waals surface area contributed by atoms with Gasteiger partial charge in [0.1, 0.15) is 5.60 Å². The summed E-state index contributed by atoms with van der Waals surface area (Å²) in [5, 5.41) is 25.0. The standard InChI is InChI=1S/C33H37F5N2O5/c1-30-18-25(20-6-4-19(5-7-20)3-2-15-39-29(44)40-16-13-27(42)43)28-23-11-9-22(41)17-21(23)8-10-24(28)26(30)12-14-31(30,45)32(34,35)33(36,37)38/h2-7,17,24-26,45H,8-16,18H2,1H3,(H,42,43)(H2,39,40,44)/b3-2+/t24-,25+,26-,30-,31-/m0/s1. The smallest absolute Gasteiger partial charge is 0.456 e. The average Bonchev–Trinajstić information content (AvgIpc) is 3.25. The lowest BCUT2D eigenvalue weighted by atomic mass is 9.50. The maximum atomic E-state index is 15.1. The monoisotopic (exact) mass is 636 g/mol. The van der Waals surface area contributed by atoms with Crippen LogP contribution in [-0.2, 0) is 9.59 Å². The van der Waals surface area contributed by atoms with Gasteiger partial charge in [-0.1, -0.05) is 48.9 Å². The van der Waals surface area contributed by atoms with Gasteiger partial charge < -0.3 is 20.8 Å². The van der Waals surface area contributed by atoms with Gasteiger partial charge >= 0.3 is 24.1 Å². The first-order valence-electron chi connectivity index (χ1n) is 15.2. The molecule has 5 rings (SSSR count). The molecule has 0 radical (unpaired) electrons. The van der Waals surface area contributed by atoms with E-state index in [1.807, 2.05) is 12.1 Å². The van der Waals surface area contributed by atoms with Crippen LogP contribution in [0.25, 0.3) is 6.08 Å². The Morgan fingerprint density at radius 3 is 2.42 bits per heavy atom. The summed E-state index contributed by atoms with van der Waals surface area (Å²) in [6.07, 6.45) is 0.160. The number of amides is 2. The molecule has 0 spiro atoms. The van der Waals surface area contributed by atoms with Crippen molar-refractivity contribution in [2.45, 2.75) is 81.9 Å². The fraction of sp³-hybridized carbons (Fsp3) is 0.545. The van der Waals surface area contributed by atoms with E-state index in [9.17, 15) is 32.7 Å². The van der Waals surface area contributed by atoms with Crippen LogP contribution in [0.1, 0.15) is 75.3 Å². The van der Waals surface area contributed by atoms with E-state index in [2.05, 4.69) is 10.6 Å². The second-order valence-corrected chi connectivity index (χ2v) is 12.8. The number of carboxylic acid groups (broad SMARTS) is 1. The Balaban J connectivity index is 1.43. The third-order valence-electron chi connectivity index (χ3n) is 10.4. The third kappa shape index (κ3) is 5.81. The van der Waals surface area contributed by atoms with E-state index in [4.69, 9.17) is 5.11 Å². The lowest BCUT2D eigenvalue weighted by Gasteiger charge is -2.56. The maximum Gasteiger partial charge on any atom is 0.456 e. The Bertz CT molecular complexity index is 1450. The van der Waals surface area contributed by atoms with Crippen LogP contribution in [0, 0.1) is 17.3 Å². The fourth-order valence-corrected chi connectivity index (χ4v) is 8.25. The Labute approximate surface area is 257 Å². The molecule has 0 aliphatic heterocycles. The van der Waals surface area contributed by atoms with E-state index in [1.165, 1.54) is 6.92 Å². The second kappa shape index (κ2) is 12.0. The Hall–Kier alpha value is -3.54. The van der Waals surface area contributed by atoms with E-state index >= 15 is 8.78 Å². The zero-order valence-electron chi connectivity index (χ0n) is 24.9. The largest absolute Gasteiger partial charge is 0.481 e. The van der Waals surface area contributed by atoms with Gasteiger partial charge in [0.05, 0.1) is 6.42 Å². The summed E-state index contributed by atoms with van der Waals surface area (Å²) in [5.41, 5.74) is -0.555. The van der Waals surface area contributed by atoms with E-state index in [1.54, 1.807) is 30.4 Å². The predicted octanol–water partition coefficient (Wildman–Crippen LogP) is 6.30. The molecule has 0 unspecified atom stereocenters. The molecule has 4 aliphatic rings. The number of nitrogens with one attached hydrogen (secondary N) is 2. The first kappa shape index (κ1) is 32.8. The number of carboxylic acids is 1. The van der Waals surface area contributed by atoms with Gasteiger partial charge in [0.2, 0.25) is 0 Å². The molecule has 0 bridgehead atoms. The lowest BCUT2D eigenvalue weighted by molar-refractivity contribution is -0.362. The number of aliphatic hydroxyl groups is 1. The summed E-state index contributed by atoms with van der Waals surface area (Å²) in [7, 11) is 0. The van der Waals surface area contributed by atoms with Crippen LogP contribution in [0.2, 0.25) is 0 Å². The third-order valence-corrected chi connectivity index (χ3v) is 10.4. The molecule has 7 nitrogen and oxygen atoms in total. The van der Waals surface area contributed by atoms with E-state index in [0.717, 1.165) is 27.8 Å². The van der Waals surface area contributed by atoms with Crippen molar-refractivity contribution < 1.29 is 46.5 Å². The van der Waals surface area contributed by atoms with E-state index < -0.39 is 53.4 Å². The number of aliphatic carboxylic acids is 1. The van der Waals surface area contributed by atoms with Gasteiger partial charge in [0.25, 0.3) is 0 Å². The first-order valence-corrected chi connectivity index (χ1v) is 15.2. The fourth-order valence-electron chi connectivity index (χ4n) is 8.25. The van der Waals surface area contributed by atoms with Crippen LogP contribution in [0.15, 0.2) is 53.1 Å². The minimum Gasteiger partial charge on any atom is -0.481 e. The summed E-state index contributed by atoms with van der Waals surface area (Å²) in [4.78, 5) is 34.5. The van der Waals surface area contributed by atoms with Gasteiger partial charge in [-0.3, -0.25) is 9.59 Å². The SMILES string of the molecule is C[C@]12C[C@H](c3ccc(/C=C/CNC(=O)NCCC(=O)O)cc3)C3=C4CCC(=O)C=C4CC[C@H]3[C@@H]1CC[C@@]2(O)C(F)(F)C(F)(F)F. The van der Waals surface area contributed by atoms with Crippen molar-refractivity contribution in [1.29, 1.82) is 0 Å². The maximum absolute atomic E-state index is 15.1. The van der Waals surface area contributed by atoms with E-state index in [-0.39, 0.29) is 44.1 Å². The lowest BCUT2D eigenvalue weighted by Crippen LogP contribution is -2.65. The van der Waals surface area contributed by atoms with Gasteiger partial charge in [0.15, 0.2) is 5.78 Å². The predicted molar refractivity (Wildman–Crippen MR) is 155 cm³/mol. The van der Waals surface area contributed by atoms with Gasteiger partial charge in [-0.15, -0.1) is 0 Å². The number of hydrogen-bond acceptors (Lipinski definition) is 4. The van der Waals surface area contributed by atoms with Crippen molar-refractivity contribution in [2.24, 2.45) is 17.3 Å². The van der Waals surface area contributed by atoms with Crippen molar-refractivity contribution in [3.8, 4) is 0 Å². The molecule has 2 fully saturated rings. The summed E-state index contributed by atoms with van der Waals surface area (Å²) in [5.74, 6) is -7.67. The number of benzene rings is 1. The Morgan fingerprint density at radius 2 is 1.76 bits per heavy atom. The number of carbonyl (C=O) groups is 3. The number of hydrogen-bond donors (Lipinski definition) is 4. The molecule has 4 aliphatic carbocycles. The minimum absolute atomic E-state index is 0.00878. The summed E-state index contributed by atoms with van der Waals surface area (Å²) in [6.45, 7) is 1.56. The highest BCUT2D eigenvalue weighted by Gasteiger charge is 2.79. The molecule has 0 aromatic heterocycles. The van der Waals surface area contributed by atoms with Gasteiger partial charge in [-0.2, -0.15) is 22.0 Å². The number of allylic oxidation sites excluding steroid dienone is 4. The molecule has 12 heteroatoms. The van der Waals surface area contributed by atoms with Gasteiger partial charge in [-0.05, 0) is 78.7 Å². The zero-order chi connectivity index (χ0) is 32.8. The highest BCUT2D eigenvalue weighted by atomic mass is 19.4. The number of rotatable bonds is 8. The number of halogens is 5. The molecule has 45 heavy (non-hydrogen) atoms. The highest BCUT2D eigenvalue weighted by Crippen LogP contribution is 2.70. The number of ketones is 1. The molecule has 4 N–H and O–H groups in total. The molecule has 2 saturated carbocycles. The van der Waals surface area contributed by atoms with Crippen LogP contribution >= 0.6 is 0 Å². The Morgan fingerprint density at radius 1 is 1.04 bits per heavy atom. The number of carbonyl (C=O) groups excluding carboxylic acids is 2. The molecule has 244 valence electrons. The summed E-state index contributed by atoms with van der Waals surface area (Å²) < 4.78 is 71.6. The van der Waals surface area contributed by atoms with Crippen LogP contribution < -0.4 is 10.6 Å². The van der Waals surface area contributed by atoms with Crippen molar-refractivity contribution in [1.82, 2.24) is 10.6 Å². The average molecular weight is 637 g/mol. The topological polar surface area (TPSA) is 116 Å². The van der Waals surface area contributed by atoms with Crippen LogP contribution in [-0.4, -0.2) is 58.8 Å². The molecule has 1 aromatic rings. The van der Waals surface area contributed by atoms with E-state index in [0.29, 0.717) is 25.7 Å². The molecule has 2 amide bonds. The molecular formula is C33H37F5N2O5. The molecular weight excluding hydrogens is 599 g/mol. The van der Waals surface area contributed by atoms with Crippen molar-refractivity contribution in [3.05, 3.63) is 64.3 Å². The highest BCUT2D eigenvalue weighted by molar-refractivity contribution is 5.93. The van der Waals surface area contributed by atoms with Gasteiger partial charge in [-0.25, -0.2) is 4.79 Å². The summed E-state index contributed by atoms with van der Waals surface area (Å²) >= 11 is 0. The number of urea groups is 1. The van der Waals surface area contributed by atoms with Crippen LogP contribution in [0.5, 0.6) is 0 Å².